The smallest absolute Gasteiger partial charge is 0.278 e. The van der Waals surface area contributed by atoms with E-state index in [1.54, 1.807) is 0 Å². The Hall–Kier alpha value is -1.76. The van der Waals surface area contributed by atoms with E-state index in [1.165, 1.54) is 6.07 Å². The van der Waals surface area contributed by atoms with Gasteiger partial charge in [0, 0.05) is 24.7 Å². The summed E-state index contributed by atoms with van der Waals surface area (Å²) in [5.41, 5.74) is -0.723. The van der Waals surface area contributed by atoms with Crippen LogP contribution in [0.25, 0.3) is 0 Å². The second-order valence-corrected chi connectivity index (χ2v) is 5.53. The highest BCUT2D eigenvalue weighted by molar-refractivity contribution is 5.56. The molecule has 0 heterocycles. The Bertz CT molecular complexity index is 523. The predicted octanol–water partition coefficient (Wildman–Crippen LogP) is 3.42. The maximum Gasteiger partial charge on any atom is 0.278 e. The third kappa shape index (κ3) is 3.87. The fraction of sp³-hybridized carbons (Fsp3) is 0.571. The lowest BCUT2D eigenvalue weighted by Gasteiger charge is -2.27. The van der Waals surface area contributed by atoms with Crippen LogP contribution in [0.5, 0.6) is 0 Å². The number of alkyl halides is 2. The monoisotopic (exact) mass is 300 g/mol. The highest BCUT2D eigenvalue weighted by atomic mass is 19.3. The molecule has 1 saturated carbocycles. The summed E-state index contributed by atoms with van der Waals surface area (Å²) in [4.78, 5) is 10.0. The van der Waals surface area contributed by atoms with E-state index in [1.807, 2.05) is 0 Å². The van der Waals surface area contributed by atoms with Gasteiger partial charge in [0.25, 0.3) is 11.6 Å². The molecule has 1 aromatic rings. The molecule has 0 spiro atoms. The van der Waals surface area contributed by atoms with Crippen LogP contribution in [0.3, 0.4) is 0 Å². The molecule has 7 heteroatoms. The van der Waals surface area contributed by atoms with E-state index in [0.717, 1.165) is 25.0 Å². The zero-order valence-corrected chi connectivity index (χ0v) is 11.7. The lowest BCUT2D eigenvalue weighted by atomic mass is 9.93. The number of aliphatic hydroxyl groups excluding tert-OH is 1. The average molecular weight is 300 g/mol. The van der Waals surface area contributed by atoms with E-state index in [9.17, 15) is 24.0 Å². The van der Waals surface area contributed by atoms with Crippen molar-refractivity contribution in [3.05, 3.63) is 33.9 Å². The molecule has 0 bridgehead atoms. The average Bonchev–Trinajstić information content (AvgIpc) is 2.40. The Balaban J connectivity index is 2.20. The lowest BCUT2D eigenvalue weighted by Crippen LogP contribution is -2.28. The van der Waals surface area contributed by atoms with Crippen LogP contribution in [-0.2, 0) is 5.92 Å². The summed E-state index contributed by atoms with van der Waals surface area (Å²) in [6, 6.07) is 3.78. The summed E-state index contributed by atoms with van der Waals surface area (Å²) >= 11 is 0. The number of nitrogens with zero attached hydrogens (tertiary/aromatic N) is 1. The third-order valence-electron chi connectivity index (χ3n) is 3.73. The van der Waals surface area contributed by atoms with Crippen molar-refractivity contribution in [1.29, 1.82) is 0 Å². The van der Waals surface area contributed by atoms with Crippen molar-refractivity contribution in [2.24, 2.45) is 0 Å². The molecule has 2 rings (SSSR count). The second-order valence-electron chi connectivity index (χ2n) is 5.53. The van der Waals surface area contributed by atoms with Gasteiger partial charge in [-0.2, -0.15) is 0 Å². The highest BCUT2D eigenvalue weighted by Gasteiger charge is 2.33. The van der Waals surface area contributed by atoms with Crippen LogP contribution in [0.4, 0.5) is 20.2 Å². The molecular weight excluding hydrogens is 282 g/mol. The van der Waals surface area contributed by atoms with Crippen LogP contribution in [-0.4, -0.2) is 22.2 Å². The summed E-state index contributed by atoms with van der Waals surface area (Å²) in [6.45, 7) is 0.649. The number of halogens is 2. The number of anilines is 1. The molecule has 21 heavy (non-hydrogen) atoms. The molecule has 1 aromatic carbocycles. The van der Waals surface area contributed by atoms with Crippen molar-refractivity contribution in [3.63, 3.8) is 0 Å². The number of nitrogens with one attached hydrogen (secondary N) is 1. The minimum Gasteiger partial charge on any atom is -0.393 e. The normalized spacial score (nSPS) is 22.9. The fourth-order valence-electron chi connectivity index (χ4n) is 2.59. The van der Waals surface area contributed by atoms with Gasteiger partial charge in [0.15, 0.2) is 0 Å². The number of nitro benzene ring substituents is 1. The van der Waals surface area contributed by atoms with Crippen LogP contribution in [0, 0.1) is 10.1 Å². The van der Waals surface area contributed by atoms with Gasteiger partial charge in [0.05, 0.1) is 11.0 Å². The SMILES string of the molecule is CC(F)(F)c1cc(NC2CCC(O)CC2)ccc1[N+](=O)[O-]. The molecule has 0 aliphatic heterocycles. The zero-order valence-electron chi connectivity index (χ0n) is 11.7. The molecule has 0 radical (unpaired) electrons. The van der Waals surface area contributed by atoms with Gasteiger partial charge in [-0.1, -0.05) is 0 Å². The number of benzene rings is 1. The molecule has 0 amide bonds. The molecule has 0 aromatic heterocycles. The second kappa shape index (κ2) is 5.93. The number of hydrogen-bond donors (Lipinski definition) is 2. The molecule has 116 valence electrons. The first-order chi connectivity index (χ1) is 9.77. The molecule has 0 saturated heterocycles. The first-order valence-corrected chi connectivity index (χ1v) is 6.88. The highest BCUT2D eigenvalue weighted by Crippen LogP contribution is 2.36. The van der Waals surface area contributed by atoms with E-state index in [-0.39, 0.29) is 12.1 Å². The van der Waals surface area contributed by atoms with Crippen LogP contribution < -0.4 is 5.32 Å². The van der Waals surface area contributed by atoms with Gasteiger partial charge in [-0.25, -0.2) is 8.78 Å². The number of nitro groups is 1. The Kier molecular flexibility index (Phi) is 4.41. The Morgan fingerprint density at radius 1 is 1.33 bits per heavy atom. The molecule has 0 unspecified atom stereocenters. The fourth-order valence-corrected chi connectivity index (χ4v) is 2.59. The molecule has 1 aliphatic rings. The van der Waals surface area contributed by atoms with Gasteiger partial charge >= 0.3 is 0 Å². The summed E-state index contributed by atoms with van der Waals surface area (Å²) in [7, 11) is 0. The van der Waals surface area contributed by atoms with Crippen LogP contribution in [0.15, 0.2) is 18.2 Å². The van der Waals surface area contributed by atoms with Crippen molar-refractivity contribution >= 4 is 11.4 Å². The van der Waals surface area contributed by atoms with E-state index in [2.05, 4.69) is 5.32 Å². The largest absolute Gasteiger partial charge is 0.393 e. The quantitative estimate of drug-likeness (QED) is 0.660. The zero-order chi connectivity index (χ0) is 15.6. The van der Waals surface area contributed by atoms with Crippen LogP contribution >= 0.6 is 0 Å². The predicted molar refractivity (Wildman–Crippen MR) is 74.5 cm³/mol. The number of hydrogen-bond acceptors (Lipinski definition) is 4. The summed E-state index contributed by atoms with van der Waals surface area (Å²) in [6.07, 6.45) is 2.53. The van der Waals surface area contributed by atoms with E-state index in [0.29, 0.717) is 25.5 Å². The van der Waals surface area contributed by atoms with Gasteiger partial charge in [0.1, 0.15) is 5.56 Å². The standard InChI is InChI=1S/C14H18F2N2O3/c1-14(15,16)12-8-10(4-7-13(12)18(20)21)17-9-2-5-11(19)6-3-9/h4,7-9,11,17,19H,2-3,5-6H2,1H3. The summed E-state index contributed by atoms with van der Waals surface area (Å²) in [5.74, 6) is -3.27. The molecular formula is C14H18F2N2O3. The molecule has 1 aliphatic carbocycles. The summed E-state index contributed by atoms with van der Waals surface area (Å²) in [5, 5.41) is 23.4. The Morgan fingerprint density at radius 3 is 2.48 bits per heavy atom. The van der Waals surface area contributed by atoms with Gasteiger partial charge < -0.3 is 10.4 Å². The van der Waals surface area contributed by atoms with Gasteiger partial charge in [-0.05, 0) is 37.8 Å². The molecule has 5 nitrogen and oxygen atoms in total. The van der Waals surface area contributed by atoms with Crippen LogP contribution in [0.1, 0.15) is 38.2 Å². The number of aliphatic hydroxyl groups is 1. The topological polar surface area (TPSA) is 75.4 Å². The van der Waals surface area contributed by atoms with E-state index < -0.39 is 22.1 Å². The van der Waals surface area contributed by atoms with Crippen LogP contribution in [0.2, 0.25) is 0 Å². The first kappa shape index (κ1) is 15.6. The van der Waals surface area contributed by atoms with Gasteiger partial charge in [-0.15, -0.1) is 0 Å². The van der Waals surface area contributed by atoms with Crippen molar-refractivity contribution in [3.8, 4) is 0 Å². The maximum absolute atomic E-state index is 13.5. The van der Waals surface area contributed by atoms with Crippen molar-refractivity contribution in [1.82, 2.24) is 0 Å². The minimum atomic E-state index is -3.27. The number of rotatable bonds is 4. The van der Waals surface area contributed by atoms with Gasteiger partial charge in [0.2, 0.25) is 0 Å². The molecule has 0 atom stereocenters. The summed E-state index contributed by atoms with van der Waals surface area (Å²) < 4.78 is 27.0. The first-order valence-electron chi connectivity index (χ1n) is 6.88. The third-order valence-corrected chi connectivity index (χ3v) is 3.73. The maximum atomic E-state index is 13.5. The minimum absolute atomic E-state index is 0.0909. The van der Waals surface area contributed by atoms with Gasteiger partial charge in [-0.3, -0.25) is 10.1 Å². The van der Waals surface area contributed by atoms with Crippen molar-refractivity contribution in [2.45, 2.75) is 50.7 Å². The lowest BCUT2D eigenvalue weighted by molar-refractivity contribution is -0.386. The van der Waals surface area contributed by atoms with E-state index >= 15 is 0 Å². The Labute approximate surface area is 121 Å². The molecule has 1 fully saturated rings. The van der Waals surface area contributed by atoms with E-state index in [4.69, 9.17) is 0 Å². The Morgan fingerprint density at radius 2 is 1.95 bits per heavy atom. The molecule has 2 N–H and O–H groups in total. The van der Waals surface area contributed by atoms with Crippen molar-refractivity contribution < 1.29 is 18.8 Å². The van der Waals surface area contributed by atoms with Crippen molar-refractivity contribution in [2.75, 3.05) is 5.32 Å².